The Bertz CT molecular complexity index is 389. The van der Waals surface area contributed by atoms with Gasteiger partial charge in [-0.2, -0.15) is 0 Å². The van der Waals surface area contributed by atoms with Crippen molar-refractivity contribution in [3.63, 3.8) is 0 Å². The molecule has 0 aliphatic heterocycles. The Morgan fingerprint density at radius 1 is 1.43 bits per heavy atom. The highest BCUT2D eigenvalue weighted by Gasteiger charge is 2.39. The highest BCUT2D eigenvalue weighted by Crippen LogP contribution is 2.43. The second-order valence-corrected chi connectivity index (χ2v) is 3.79. The molecular formula is C12H14N2. The molecule has 0 saturated heterocycles. The van der Waals surface area contributed by atoms with Crippen molar-refractivity contribution in [2.24, 2.45) is 10.7 Å². The Morgan fingerprint density at radius 2 is 2.14 bits per heavy atom. The van der Waals surface area contributed by atoms with Crippen LogP contribution in [0.15, 0.2) is 29.8 Å². The second-order valence-electron chi connectivity index (χ2n) is 3.79. The molecule has 1 aliphatic rings. The van der Waals surface area contributed by atoms with Crippen molar-refractivity contribution in [2.45, 2.75) is 18.4 Å². The van der Waals surface area contributed by atoms with Gasteiger partial charge in [0.05, 0.1) is 5.69 Å². The lowest BCUT2D eigenvalue weighted by Crippen LogP contribution is -2.18. The Labute approximate surface area is 84.2 Å². The molecule has 14 heavy (non-hydrogen) atoms. The third-order valence-electron chi connectivity index (χ3n) is 2.78. The van der Waals surface area contributed by atoms with Gasteiger partial charge in [0.15, 0.2) is 0 Å². The number of nitrogens with two attached hydrogens (primary N) is 1. The van der Waals surface area contributed by atoms with Gasteiger partial charge in [-0.15, -0.1) is 0 Å². The summed E-state index contributed by atoms with van der Waals surface area (Å²) in [5.41, 5.74) is 9.07. The summed E-state index contributed by atoms with van der Waals surface area (Å²) >= 11 is 0. The first-order chi connectivity index (χ1) is 6.69. The molecule has 0 unspecified atom stereocenters. The monoisotopic (exact) mass is 186 g/mol. The van der Waals surface area contributed by atoms with Crippen molar-refractivity contribution in [1.82, 2.24) is 0 Å². The largest absolute Gasteiger partial charge is 0.321 e. The molecule has 2 rings (SSSR count). The SMILES string of the molecule is C=Cc1cc(C2(N)CC2)ccc1N=C. The lowest BCUT2D eigenvalue weighted by Gasteiger charge is -2.10. The number of aliphatic imine (C=N–C) groups is 1. The average Bonchev–Trinajstić information content (AvgIpc) is 2.97. The maximum Gasteiger partial charge on any atom is 0.0694 e. The van der Waals surface area contributed by atoms with Gasteiger partial charge < -0.3 is 5.73 Å². The van der Waals surface area contributed by atoms with Crippen molar-refractivity contribution >= 4 is 18.5 Å². The molecule has 2 N–H and O–H groups in total. The van der Waals surface area contributed by atoms with Gasteiger partial charge in [-0.25, -0.2) is 0 Å². The average molecular weight is 186 g/mol. The van der Waals surface area contributed by atoms with Gasteiger partial charge in [0.25, 0.3) is 0 Å². The second kappa shape index (κ2) is 3.07. The molecule has 0 bridgehead atoms. The van der Waals surface area contributed by atoms with Gasteiger partial charge in [-0.1, -0.05) is 18.7 Å². The summed E-state index contributed by atoms with van der Waals surface area (Å²) in [6, 6.07) is 6.04. The normalized spacial score (nSPS) is 17.5. The molecule has 0 atom stereocenters. The molecule has 1 fully saturated rings. The van der Waals surface area contributed by atoms with E-state index in [-0.39, 0.29) is 5.54 Å². The number of benzene rings is 1. The minimum Gasteiger partial charge on any atom is -0.321 e. The number of hydrogen-bond donors (Lipinski definition) is 1. The van der Waals surface area contributed by atoms with Crippen LogP contribution in [0.3, 0.4) is 0 Å². The van der Waals surface area contributed by atoms with E-state index in [4.69, 9.17) is 5.73 Å². The summed E-state index contributed by atoms with van der Waals surface area (Å²) in [5.74, 6) is 0. The Balaban J connectivity index is 2.46. The van der Waals surface area contributed by atoms with E-state index in [1.807, 2.05) is 12.1 Å². The quantitative estimate of drug-likeness (QED) is 0.724. The first-order valence-corrected chi connectivity index (χ1v) is 4.72. The van der Waals surface area contributed by atoms with Crippen molar-refractivity contribution in [1.29, 1.82) is 0 Å². The predicted octanol–water partition coefficient (Wildman–Crippen LogP) is 2.61. The lowest BCUT2D eigenvalue weighted by molar-refractivity contribution is 0.740. The molecule has 0 radical (unpaired) electrons. The van der Waals surface area contributed by atoms with E-state index in [0.717, 1.165) is 24.1 Å². The van der Waals surface area contributed by atoms with E-state index in [0.29, 0.717) is 0 Å². The highest BCUT2D eigenvalue weighted by atomic mass is 14.8. The third kappa shape index (κ3) is 1.38. The summed E-state index contributed by atoms with van der Waals surface area (Å²) in [6.07, 6.45) is 3.94. The molecule has 2 heteroatoms. The van der Waals surface area contributed by atoms with Crippen molar-refractivity contribution in [2.75, 3.05) is 0 Å². The van der Waals surface area contributed by atoms with Gasteiger partial charge in [-0.05, 0) is 42.8 Å². The summed E-state index contributed by atoms with van der Waals surface area (Å²) in [7, 11) is 0. The zero-order valence-corrected chi connectivity index (χ0v) is 8.16. The number of rotatable bonds is 3. The van der Waals surface area contributed by atoms with Crippen LogP contribution < -0.4 is 5.73 Å². The van der Waals surface area contributed by atoms with Crippen molar-refractivity contribution in [3.8, 4) is 0 Å². The number of nitrogens with zero attached hydrogens (tertiary/aromatic N) is 1. The first kappa shape index (κ1) is 9.16. The fourth-order valence-electron chi connectivity index (χ4n) is 1.60. The van der Waals surface area contributed by atoms with E-state index in [2.05, 4.69) is 24.4 Å². The predicted molar refractivity (Wildman–Crippen MR) is 60.8 cm³/mol. The third-order valence-corrected chi connectivity index (χ3v) is 2.78. The van der Waals surface area contributed by atoms with Crippen LogP contribution in [0, 0.1) is 0 Å². The number of hydrogen-bond acceptors (Lipinski definition) is 2. The van der Waals surface area contributed by atoms with Crippen LogP contribution >= 0.6 is 0 Å². The van der Waals surface area contributed by atoms with Crippen LogP contribution in [0.25, 0.3) is 6.08 Å². The van der Waals surface area contributed by atoms with Crippen molar-refractivity contribution in [3.05, 3.63) is 35.9 Å². The van der Waals surface area contributed by atoms with Gasteiger partial charge >= 0.3 is 0 Å². The van der Waals surface area contributed by atoms with Crippen LogP contribution in [0.1, 0.15) is 24.0 Å². The van der Waals surface area contributed by atoms with Crippen LogP contribution in [0.2, 0.25) is 0 Å². The van der Waals surface area contributed by atoms with Crippen LogP contribution in [0.4, 0.5) is 5.69 Å². The highest BCUT2D eigenvalue weighted by molar-refractivity contribution is 5.66. The molecule has 1 aliphatic carbocycles. The van der Waals surface area contributed by atoms with E-state index in [1.54, 1.807) is 6.08 Å². The summed E-state index contributed by atoms with van der Waals surface area (Å²) < 4.78 is 0. The first-order valence-electron chi connectivity index (χ1n) is 4.72. The zero-order valence-electron chi connectivity index (χ0n) is 8.16. The molecule has 0 heterocycles. The Morgan fingerprint density at radius 3 is 2.64 bits per heavy atom. The molecule has 1 aromatic rings. The minimum absolute atomic E-state index is 0.0859. The lowest BCUT2D eigenvalue weighted by atomic mass is 10.0. The Hall–Kier alpha value is -1.41. The molecule has 0 aromatic heterocycles. The maximum absolute atomic E-state index is 6.10. The maximum atomic E-state index is 6.10. The van der Waals surface area contributed by atoms with Crippen LogP contribution in [0.5, 0.6) is 0 Å². The van der Waals surface area contributed by atoms with E-state index in [9.17, 15) is 0 Å². The van der Waals surface area contributed by atoms with Gasteiger partial charge in [-0.3, -0.25) is 4.99 Å². The molecule has 0 spiro atoms. The molecular weight excluding hydrogens is 172 g/mol. The molecule has 72 valence electrons. The van der Waals surface area contributed by atoms with Gasteiger partial charge in [0, 0.05) is 5.54 Å². The fraction of sp³-hybridized carbons (Fsp3) is 0.250. The smallest absolute Gasteiger partial charge is 0.0694 e. The topological polar surface area (TPSA) is 38.4 Å². The van der Waals surface area contributed by atoms with E-state index < -0.39 is 0 Å². The van der Waals surface area contributed by atoms with Crippen molar-refractivity contribution < 1.29 is 0 Å². The Kier molecular flexibility index (Phi) is 2.01. The molecule has 2 nitrogen and oxygen atoms in total. The minimum atomic E-state index is -0.0859. The van der Waals surface area contributed by atoms with E-state index in [1.165, 1.54) is 5.56 Å². The summed E-state index contributed by atoms with van der Waals surface area (Å²) in [4.78, 5) is 3.92. The standard InChI is InChI=1S/C12H14N2/c1-3-9-8-10(12(13)6-7-12)4-5-11(9)14-2/h3-5,8H,1-2,6-7,13H2. The van der Waals surface area contributed by atoms with Gasteiger partial charge in [0.2, 0.25) is 0 Å². The molecule has 0 amide bonds. The molecule has 1 saturated carbocycles. The zero-order chi connectivity index (χ0) is 10.2. The molecule has 1 aromatic carbocycles. The summed E-state index contributed by atoms with van der Waals surface area (Å²) in [6.45, 7) is 7.27. The summed E-state index contributed by atoms with van der Waals surface area (Å²) in [5, 5.41) is 0. The fourth-order valence-corrected chi connectivity index (χ4v) is 1.60. The van der Waals surface area contributed by atoms with E-state index >= 15 is 0 Å². The van der Waals surface area contributed by atoms with Gasteiger partial charge in [0.1, 0.15) is 0 Å². The van der Waals surface area contributed by atoms with Crippen LogP contribution in [-0.2, 0) is 5.54 Å². The van der Waals surface area contributed by atoms with Crippen LogP contribution in [-0.4, -0.2) is 6.72 Å².